The van der Waals surface area contributed by atoms with Crippen LogP contribution in [0.1, 0.15) is 65.5 Å². The van der Waals surface area contributed by atoms with Crippen molar-refractivity contribution >= 4 is 6.03 Å². The molecule has 1 heterocycles. The number of rotatable bonds is 5. The Morgan fingerprint density at radius 3 is 1.65 bits per heavy atom. The van der Waals surface area contributed by atoms with Gasteiger partial charge in [0.2, 0.25) is 0 Å². The summed E-state index contributed by atoms with van der Waals surface area (Å²) in [6.45, 7) is 19.1. The Morgan fingerprint density at radius 1 is 0.698 bits per heavy atom. The van der Waals surface area contributed by atoms with E-state index in [9.17, 15) is 15.0 Å². The number of hydrogen-bond donors (Lipinski definition) is 0. The van der Waals surface area contributed by atoms with Crippen LogP contribution in [-0.4, -0.2) is 91.3 Å². The van der Waals surface area contributed by atoms with Crippen LogP contribution in [0, 0.1) is 0 Å². The van der Waals surface area contributed by atoms with Crippen molar-refractivity contribution in [2.24, 2.45) is 0 Å². The number of nitrogens with zero attached hydrogens (tertiary/aromatic N) is 5. The van der Waals surface area contributed by atoms with Gasteiger partial charge in [-0.25, -0.2) is 0 Å². The van der Waals surface area contributed by atoms with Gasteiger partial charge in [-0.2, -0.15) is 0 Å². The van der Waals surface area contributed by atoms with Crippen molar-refractivity contribution in [1.29, 1.82) is 0 Å². The van der Waals surface area contributed by atoms with Crippen LogP contribution in [0.25, 0.3) is 10.6 Å². The maximum absolute atomic E-state index is 12.9. The monoisotopic (exact) mass is 671 g/mol. The third-order valence-corrected chi connectivity index (χ3v) is 6.09. The zero-order valence-corrected chi connectivity index (χ0v) is 29.9. The van der Waals surface area contributed by atoms with E-state index in [0.717, 1.165) is 71.7 Å². The molecule has 0 saturated carbocycles. The molecule has 1 fully saturated rings. The second-order valence-electron chi connectivity index (χ2n) is 11.5. The van der Waals surface area contributed by atoms with E-state index in [0.29, 0.717) is 6.54 Å². The topological polar surface area (TPSA) is 101 Å². The molecule has 1 saturated heterocycles. The predicted molar refractivity (Wildman–Crippen MR) is 172 cm³/mol. The molecule has 9 heteroatoms. The molecule has 43 heavy (non-hydrogen) atoms. The quantitative estimate of drug-likeness (QED) is 0.451. The first-order chi connectivity index (χ1) is 20.1. The Balaban J connectivity index is 0.00000174. The van der Waals surface area contributed by atoms with E-state index < -0.39 is 12.2 Å². The Bertz CT molecular complexity index is 907. The number of urea groups is 1. The Kier molecular flexibility index (Phi) is 24.7. The minimum Gasteiger partial charge on any atom is -0.852 e. The van der Waals surface area contributed by atoms with Gasteiger partial charge in [0.25, 0.3) is 0 Å². The van der Waals surface area contributed by atoms with E-state index in [1.54, 1.807) is 27.7 Å². The van der Waals surface area contributed by atoms with Gasteiger partial charge in [0.15, 0.2) is 6.03 Å². The molecule has 238 valence electrons. The average Bonchev–Trinajstić information content (AvgIpc) is 2.91. The number of benzene rings is 2. The van der Waals surface area contributed by atoms with Crippen LogP contribution in [-0.2, 0) is 39.3 Å². The zero-order valence-electron chi connectivity index (χ0n) is 27.5. The standard InChI is InChI=1S/C28H42N5O.2C3H7O.Zr/c1-25(2)30-28(34)33-19-10-18-31(23-26-11-5-3-6-12-26)20-16-29-15-9-17-32(21-22-33)24-27-13-7-4-8-14-27;2*1-3(2)4;/h3-8,11-14,25H,9-10,15-24H2,1-2H3,(H,30,34);2*3H,1-2H3;/q3*-1;+4/p-1. The van der Waals surface area contributed by atoms with Crippen LogP contribution in [0.3, 0.4) is 0 Å². The molecule has 8 nitrogen and oxygen atoms in total. The smallest absolute Gasteiger partial charge is 0.852 e. The van der Waals surface area contributed by atoms with Crippen molar-refractivity contribution in [3.63, 3.8) is 0 Å². The molecule has 0 unspecified atom stereocenters. The van der Waals surface area contributed by atoms with Crippen LogP contribution in [0.15, 0.2) is 60.7 Å². The Hall–Kier alpha value is -1.61. The molecule has 0 N–H and O–H groups in total. The van der Waals surface area contributed by atoms with Gasteiger partial charge in [-0.15, -0.1) is 25.3 Å². The fourth-order valence-electron chi connectivity index (χ4n) is 4.31. The summed E-state index contributed by atoms with van der Waals surface area (Å²) in [5.41, 5.74) is 2.63. The van der Waals surface area contributed by atoms with Crippen LogP contribution >= 0.6 is 0 Å². The molecule has 0 atom stereocenters. The van der Waals surface area contributed by atoms with Gasteiger partial charge in [0, 0.05) is 13.1 Å². The van der Waals surface area contributed by atoms with Crippen LogP contribution in [0.4, 0.5) is 4.79 Å². The summed E-state index contributed by atoms with van der Waals surface area (Å²) >= 11 is 0. The molecule has 0 spiro atoms. The van der Waals surface area contributed by atoms with E-state index in [1.165, 1.54) is 11.1 Å². The van der Waals surface area contributed by atoms with Gasteiger partial charge in [0.05, 0.1) is 0 Å². The molecule has 1 aliphatic rings. The van der Waals surface area contributed by atoms with E-state index in [2.05, 4.69) is 75.8 Å². The van der Waals surface area contributed by atoms with Crippen molar-refractivity contribution in [2.75, 3.05) is 52.4 Å². The van der Waals surface area contributed by atoms with Gasteiger partial charge in [-0.05, 0) is 62.9 Å². The first-order valence-electron chi connectivity index (χ1n) is 15.5. The fourth-order valence-corrected chi connectivity index (χ4v) is 4.31. The maximum Gasteiger partial charge on any atom is 4.00 e. The molecular formula is C34H55N5O3Zr. The van der Waals surface area contributed by atoms with Gasteiger partial charge < -0.3 is 30.6 Å². The number of carbonyl (C=O) groups excluding carboxylic acids is 1. The van der Waals surface area contributed by atoms with Gasteiger partial charge in [-0.1, -0.05) is 109 Å². The third-order valence-electron chi connectivity index (χ3n) is 6.09. The molecule has 2 aromatic carbocycles. The van der Waals surface area contributed by atoms with E-state index in [4.69, 9.17) is 5.32 Å². The zero-order chi connectivity index (χ0) is 31.2. The molecule has 2 aromatic rings. The predicted octanol–water partition coefficient (Wildman–Crippen LogP) is 4.87. The summed E-state index contributed by atoms with van der Waals surface area (Å²) in [4.78, 5) is 19.8. The molecule has 3 rings (SSSR count). The molecule has 0 aromatic heterocycles. The maximum atomic E-state index is 12.9. The van der Waals surface area contributed by atoms with Crippen molar-refractivity contribution in [1.82, 2.24) is 14.7 Å². The number of hydrogen-bond acceptors (Lipinski definition) is 5. The first-order valence-corrected chi connectivity index (χ1v) is 15.5. The first kappa shape index (κ1) is 41.4. The Morgan fingerprint density at radius 2 is 1.16 bits per heavy atom. The van der Waals surface area contributed by atoms with E-state index in [1.807, 2.05) is 18.7 Å². The fraction of sp³-hybridized carbons (Fsp3) is 0.618. The van der Waals surface area contributed by atoms with Crippen molar-refractivity contribution in [2.45, 2.75) is 85.7 Å². The summed E-state index contributed by atoms with van der Waals surface area (Å²) in [5, 5.41) is 28.2. The van der Waals surface area contributed by atoms with Crippen molar-refractivity contribution < 1.29 is 41.2 Å². The van der Waals surface area contributed by atoms with Gasteiger partial charge in [0.1, 0.15) is 0 Å². The normalized spacial score (nSPS) is 15.8. The van der Waals surface area contributed by atoms with Crippen molar-refractivity contribution in [3.8, 4) is 0 Å². The van der Waals surface area contributed by atoms with E-state index in [-0.39, 0.29) is 38.3 Å². The number of amides is 2. The molecule has 0 radical (unpaired) electrons. The minimum absolute atomic E-state index is 0. The summed E-state index contributed by atoms with van der Waals surface area (Å²) in [5.74, 6) is 0. The van der Waals surface area contributed by atoms with Crippen LogP contribution in [0.2, 0.25) is 0 Å². The molecular weight excluding hydrogens is 618 g/mol. The van der Waals surface area contributed by atoms with E-state index >= 15 is 0 Å². The third kappa shape index (κ3) is 23.4. The van der Waals surface area contributed by atoms with Crippen molar-refractivity contribution in [3.05, 3.63) is 82.4 Å². The Labute approximate surface area is 281 Å². The minimum atomic E-state index is -0.417. The molecule has 2 amide bonds. The number of carbonyl (C=O) groups is 1. The second kappa shape index (κ2) is 25.7. The summed E-state index contributed by atoms with van der Waals surface area (Å²) in [6.07, 6.45) is 1.14. The molecule has 1 aliphatic heterocycles. The summed E-state index contributed by atoms with van der Waals surface area (Å²) in [7, 11) is 0. The van der Waals surface area contributed by atoms with Gasteiger partial charge in [-0.3, -0.25) is 9.69 Å². The second-order valence-corrected chi connectivity index (χ2v) is 11.5. The summed E-state index contributed by atoms with van der Waals surface area (Å²) < 4.78 is 0. The van der Waals surface area contributed by atoms with Gasteiger partial charge >= 0.3 is 26.2 Å². The van der Waals surface area contributed by atoms with Crippen LogP contribution in [0.5, 0.6) is 0 Å². The van der Waals surface area contributed by atoms with Crippen LogP contribution < -0.4 is 10.2 Å². The largest absolute Gasteiger partial charge is 4.00 e. The molecule has 0 bridgehead atoms. The average molecular weight is 673 g/mol. The molecule has 0 aliphatic carbocycles. The SMILES string of the molecule is CC(C)[N-]C(=O)N1CCCN(Cc2ccccc2)CC[N-]CCCN(Cc2ccccc2)CC1.CC(C)[O-].CC(C)[O-].[Zr+4]. The summed E-state index contributed by atoms with van der Waals surface area (Å²) in [6, 6.07) is 21.1.